The zero-order valence-corrected chi connectivity index (χ0v) is 24.6. The molecule has 2 unspecified atom stereocenters. The van der Waals surface area contributed by atoms with Crippen LogP contribution in [-0.2, 0) is 17.6 Å². The Labute approximate surface area is 243 Å². The first kappa shape index (κ1) is 28.9. The van der Waals surface area contributed by atoms with Crippen molar-refractivity contribution < 1.29 is 14.3 Å². The van der Waals surface area contributed by atoms with Crippen molar-refractivity contribution in [2.24, 2.45) is 0 Å². The van der Waals surface area contributed by atoms with E-state index in [2.05, 4.69) is 54.6 Å². The highest BCUT2D eigenvalue weighted by Gasteiger charge is 2.32. The molecule has 3 aliphatic rings. The summed E-state index contributed by atoms with van der Waals surface area (Å²) in [7, 11) is 2.13. The van der Waals surface area contributed by atoms with Gasteiger partial charge in [-0.3, -0.25) is 4.79 Å². The molecule has 3 atom stereocenters. The highest BCUT2D eigenvalue weighted by atomic mass is 16.5. The van der Waals surface area contributed by atoms with Crippen molar-refractivity contribution in [2.45, 2.75) is 77.0 Å². The Hall–Kier alpha value is -3.64. The molecular weight excluding hydrogens is 516 g/mol. The highest BCUT2D eigenvalue weighted by molar-refractivity contribution is 5.87. The highest BCUT2D eigenvalue weighted by Crippen LogP contribution is 2.33. The number of amides is 1. The molecule has 2 fully saturated rings. The first-order chi connectivity index (χ1) is 19.9. The maximum atomic E-state index is 12.5. The third-order valence-corrected chi connectivity index (χ3v) is 8.78. The monoisotopic (exact) mass is 558 g/mol. The molecule has 9 heteroatoms. The molecule has 1 amide bonds. The van der Waals surface area contributed by atoms with Gasteiger partial charge in [-0.1, -0.05) is 18.7 Å². The Morgan fingerprint density at radius 3 is 2.83 bits per heavy atom. The van der Waals surface area contributed by atoms with E-state index in [-0.39, 0.29) is 24.5 Å². The predicted molar refractivity (Wildman–Crippen MR) is 158 cm³/mol. The second-order valence-corrected chi connectivity index (χ2v) is 11.6. The van der Waals surface area contributed by atoms with E-state index in [0.717, 1.165) is 61.5 Å². The zero-order chi connectivity index (χ0) is 28.9. The van der Waals surface area contributed by atoms with Crippen LogP contribution in [0.25, 0.3) is 0 Å². The number of hydrogen-bond acceptors (Lipinski definition) is 8. The number of likely N-dealkylation sites (N-methyl/N-ethyl adjacent to an activating group) is 1. The third kappa shape index (κ3) is 6.65. The summed E-state index contributed by atoms with van der Waals surface area (Å²) in [5.41, 5.74) is 4.46. The second kappa shape index (κ2) is 12.9. The number of aryl methyl sites for hydroxylation is 3. The Balaban J connectivity index is 1.37. The lowest BCUT2D eigenvalue weighted by Gasteiger charge is -2.41. The number of nitriles is 1. The van der Waals surface area contributed by atoms with E-state index in [4.69, 9.17) is 19.4 Å². The number of piperazine rings is 1. The zero-order valence-electron chi connectivity index (χ0n) is 24.6. The number of carbonyl (C=O) groups is 1. The van der Waals surface area contributed by atoms with Gasteiger partial charge in [-0.25, -0.2) is 4.98 Å². The molecule has 1 aromatic heterocycles. The van der Waals surface area contributed by atoms with Gasteiger partial charge in [-0.05, 0) is 89.2 Å². The standard InChI is InChI=1S/C32H42N6O3/c1-5-30(39)38-18-17-37(20-25(38)14-15-33)31-28(13-12-27-11-10-24-9-8-22(2)19-29(24)41-27)23(3)34-32(35-31)40-21-26-7-6-16-36(26)4/h5,8-9,19,25-27H,1,6-7,10-14,16-18,20-21H2,2-4H3/t25?,26?,27-/m1/s1. The Bertz CT molecular complexity index is 1310. The van der Waals surface area contributed by atoms with Crippen molar-refractivity contribution in [1.82, 2.24) is 19.8 Å². The topological polar surface area (TPSA) is 94.8 Å². The average Bonchev–Trinajstić information content (AvgIpc) is 3.39. The maximum Gasteiger partial charge on any atom is 0.318 e. The van der Waals surface area contributed by atoms with Crippen LogP contribution in [-0.4, -0.2) is 83.7 Å². The number of aromatic nitrogens is 2. The summed E-state index contributed by atoms with van der Waals surface area (Å²) >= 11 is 0. The van der Waals surface area contributed by atoms with E-state index in [0.29, 0.717) is 38.3 Å². The van der Waals surface area contributed by atoms with E-state index < -0.39 is 0 Å². The summed E-state index contributed by atoms with van der Waals surface area (Å²) in [6, 6.07) is 9.23. The largest absolute Gasteiger partial charge is 0.490 e. The second-order valence-electron chi connectivity index (χ2n) is 11.6. The van der Waals surface area contributed by atoms with Crippen molar-refractivity contribution in [3.8, 4) is 17.8 Å². The molecule has 1 aromatic carbocycles. The molecule has 218 valence electrons. The summed E-state index contributed by atoms with van der Waals surface area (Å²) in [4.78, 5) is 28.5. The average molecular weight is 559 g/mol. The molecule has 9 nitrogen and oxygen atoms in total. The Kier molecular flexibility index (Phi) is 9.09. The summed E-state index contributed by atoms with van der Waals surface area (Å²) in [5.74, 6) is 1.70. The van der Waals surface area contributed by atoms with Gasteiger partial charge in [-0.2, -0.15) is 10.2 Å². The lowest BCUT2D eigenvalue weighted by atomic mass is 9.96. The lowest BCUT2D eigenvalue weighted by molar-refractivity contribution is -0.128. The molecule has 2 saturated heterocycles. The SMILES string of the molecule is C=CC(=O)N1CCN(c2nc(OCC3CCCN3C)nc(C)c2CC[C@H]2CCc3ccc(C)cc3O2)CC1CC#N. The van der Waals surface area contributed by atoms with Gasteiger partial charge >= 0.3 is 6.01 Å². The minimum absolute atomic E-state index is 0.124. The summed E-state index contributed by atoms with van der Waals surface area (Å²) in [5, 5.41) is 9.51. The van der Waals surface area contributed by atoms with Gasteiger partial charge in [0.2, 0.25) is 5.91 Å². The molecule has 0 bridgehead atoms. The van der Waals surface area contributed by atoms with Crippen LogP contribution in [0.4, 0.5) is 5.82 Å². The molecule has 0 spiro atoms. The minimum Gasteiger partial charge on any atom is -0.490 e. The number of hydrogen-bond donors (Lipinski definition) is 0. The first-order valence-electron chi connectivity index (χ1n) is 14.9. The Morgan fingerprint density at radius 2 is 2.07 bits per heavy atom. The number of anilines is 1. The number of carbonyl (C=O) groups excluding carboxylic acids is 1. The van der Waals surface area contributed by atoms with Gasteiger partial charge in [0.05, 0.1) is 24.6 Å². The molecule has 3 aliphatic heterocycles. The van der Waals surface area contributed by atoms with Crippen LogP contribution in [0.15, 0.2) is 30.9 Å². The van der Waals surface area contributed by atoms with Gasteiger partial charge in [-0.15, -0.1) is 0 Å². The van der Waals surface area contributed by atoms with Gasteiger partial charge in [0.1, 0.15) is 18.2 Å². The van der Waals surface area contributed by atoms with Crippen LogP contribution in [0.3, 0.4) is 0 Å². The summed E-state index contributed by atoms with van der Waals surface area (Å²) in [6.45, 7) is 11.1. The van der Waals surface area contributed by atoms with E-state index in [9.17, 15) is 10.1 Å². The first-order valence-corrected chi connectivity index (χ1v) is 14.9. The lowest BCUT2D eigenvalue weighted by Crippen LogP contribution is -2.55. The van der Waals surface area contributed by atoms with E-state index >= 15 is 0 Å². The predicted octanol–water partition coefficient (Wildman–Crippen LogP) is 4.01. The number of ether oxygens (including phenoxy) is 2. The number of fused-ring (bicyclic) bond motifs is 1. The smallest absolute Gasteiger partial charge is 0.318 e. The van der Waals surface area contributed by atoms with Crippen molar-refractivity contribution in [2.75, 3.05) is 44.7 Å². The van der Waals surface area contributed by atoms with Crippen molar-refractivity contribution in [1.29, 1.82) is 5.26 Å². The van der Waals surface area contributed by atoms with Crippen molar-refractivity contribution in [3.63, 3.8) is 0 Å². The van der Waals surface area contributed by atoms with Crippen molar-refractivity contribution >= 4 is 11.7 Å². The van der Waals surface area contributed by atoms with Crippen LogP contribution in [0.2, 0.25) is 0 Å². The number of nitrogens with zero attached hydrogens (tertiary/aromatic N) is 6. The minimum atomic E-state index is -0.236. The molecule has 0 saturated carbocycles. The fourth-order valence-electron chi connectivity index (χ4n) is 6.31. The normalized spacial score (nSPS) is 22.5. The van der Waals surface area contributed by atoms with Crippen LogP contribution >= 0.6 is 0 Å². The van der Waals surface area contributed by atoms with Gasteiger partial charge < -0.3 is 24.2 Å². The van der Waals surface area contributed by atoms with E-state index in [1.54, 1.807) is 4.90 Å². The maximum absolute atomic E-state index is 12.5. The molecule has 4 heterocycles. The van der Waals surface area contributed by atoms with Crippen LogP contribution in [0, 0.1) is 25.2 Å². The van der Waals surface area contributed by atoms with E-state index in [1.807, 2.05) is 6.92 Å². The van der Waals surface area contributed by atoms with Gasteiger partial charge in [0.25, 0.3) is 0 Å². The molecule has 0 radical (unpaired) electrons. The third-order valence-electron chi connectivity index (χ3n) is 8.78. The molecule has 0 aliphatic carbocycles. The van der Waals surface area contributed by atoms with E-state index in [1.165, 1.54) is 23.6 Å². The molecule has 0 N–H and O–H groups in total. The van der Waals surface area contributed by atoms with Gasteiger partial charge in [0.15, 0.2) is 0 Å². The quantitative estimate of drug-likeness (QED) is 0.426. The summed E-state index contributed by atoms with van der Waals surface area (Å²) < 4.78 is 12.6. The van der Waals surface area contributed by atoms with Crippen LogP contribution in [0.1, 0.15) is 54.5 Å². The molecular formula is C32H42N6O3. The fraction of sp³-hybridized carbons (Fsp3) is 0.562. The van der Waals surface area contributed by atoms with Gasteiger partial charge in [0, 0.05) is 36.9 Å². The number of likely N-dealkylation sites (tertiary alicyclic amines) is 1. The molecule has 5 rings (SSSR count). The Morgan fingerprint density at radius 1 is 1.22 bits per heavy atom. The number of benzene rings is 1. The molecule has 2 aromatic rings. The number of rotatable bonds is 9. The fourth-order valence-corrected chi connectivity index (χ4v) is 6.31. The van der Waals surface area contributed by atoms with Crippen LogP contribution in [0.5, 0.6) is 11.8 Å². The molecule has 41 heavy (non-hydrogen) atoms. The van der Waals surface area contributed by atoms with Crippen LogP contribution < -0.4 is 14.4 Å². The van der Waals surface area contributed by atoms with Crippen molar-refractivity contribution in [3.05, 3.63) is 53.2 Å². The summed E-state index contributed by atoms with van der Waals surface area (Å²) in [6.07, 6.45) is 7.61.